The van der Waals surface area contributed by atoms with Crippen LogP contribution in [-0.2, 0) is 11.2 Å². The summed E-state index contributed by atoms with van der Waals surface area (Å²) in [5.74, 6) is 0.135. The molecule has 0 aliphatic carbocycles. The molecule has 1 aliphatic heterocycles. The number of hydrogen-bond acceptors (Lipinski definition) is 5. The monoisotopic (exact) mass is 354 g/mol. The number of amides is 1. The second-order valence-electron chi connectivity index (χ2n) is 6.24. The molecule has 0 radical (unpaired) electrons. The van der Waals surface area contributed by atoms with Crippen molar-refractivity contribution in [2.75, 3.05) is 43.4 Å². The highest BCUT2D eigenvalue weighted by Crippen LogP contribution is 2.29. The van der Waals surface area contributed by atoms with Crippen molar-refractivity contribution in [2.45, 2.75) is 6.42 Å². The molecule has 3 rings (SSSR count). The molecule has 1 saturated heterocycles. The van der Waals surface area contributed by atoms with Gasteiger partial charge in [0.1, 0.15) is 5.69 Å². The first-order valence-corrected chi connectivity index (χ1v) is 8.61. The van der Waals surface area contributed by atoms with Gasteiger partial charge in [-0.1, -0.05) is 30.3 Å². The highest BCUT2D eigenvalue weighted by Gasteiger charge is 2.23. The highest BCUT2D eigenvalue weighted by atomic mass is 16.6. The highest BCUT2D eigenvalue weighted by molar-refractivity contribution is 5.79. The van der Waals surface area contributed by atoms with E-state index in [2.05, 4.69) is 10.2 Å². The molecule has 1 fully saturated rings. The van der Waals surface area contributed by atoms with Crippen molar-refractivity contribution >= 4 is 23.0 Å². The summed E-state index contributed by atoms with van der Waals surface area (Å²) in [7, 11) is 1.67. The van der Waals surface area contributed by atoms with Gasteiger partial charge in [0.05, 0.1) is 11.3 Å². The lowest BCUT2D eigenvalue weighted by Crippen LogP contribution is -2.49. The normalized spacial score (nSPS) is 14.2. The standard InChI is InChI=1S/C19H22N4O3/c1-20-17-14-16(7-8-18(17)23(25)26)21-9-11-22(12-10-21)19(24)13-15-5-3-2-4-6-15/h2-8,14,20H,9-13H2,1H3. The summed E-state index contributed by atoms with van der Waals surface area (Å²) in [5.41, 5.74) is 2.51. The molecule has 1 amide bonds. The van der Waals surface area contributed by atoms with Crippen LogP contribution in [-0.4, -0.2) is 49.0 Å². The van der Waals surface area contributed by atoms with E-state index >= 15 is 0 Å². The molecule has 1 N–H and O–H groups in total. The molecule has 2 aromatic rings. The third-order valence-corrected chi connectivity index (χ3v) is 4.64. The van der Waals surface area contributed by atoms with Crippen LogP contribution in [0.1, 0.15) is 5.56 Å². The van der Waals surface area contributed by atoms with Gasteiger partial charge in [-0.2, -0.15) is 0 Å². The van der Waals surface area contributed by atoms with Crippen LogP contribution >= 0.6 is 0 Å². The van der Waals surface area contributed by atoms with Gasteiger partial charge >= 0.3 is 0 Å². The molecule has 0 bridgehead atoms. The predicted molar refractivity (Wildman–Crippen MR) is 102 cm³/mol. The average molecular weight is 354 g/mol. The van der Waals surface area contributed by atoms with E-state index in [1.165, 1.54) is 6.07 Å². The first-order valence-electron chi connectivity index (χ1n) is 8.61. The molecule has 0 unspecified atom stereocenters. The maximum absolute atomic E-state index is 12.5. The third kappa shape index (κ3) is 3.93. The molecule has 0 atom stereocenters. The van der Waals surface area contributed by atoms with Gasteiger partial charge in [-0.3, -0.25) is 14.9 Å². The molecule has 2 aromatic carbocycles. The Morgan fingerprint density at radius 2 is 1.81 bits per heavy atom. The zero-order chi connectivity index (χ0) is 18.5. The van der Waals surface area contributed by atoms with Gasteiger partial charge in [-0.05, 0) is 17.7 Å². The van der Waals surface area contributed by atoms with Crippen LogP contribution in [0, 0.1) is 10.1 Å². The van der Waals surface area contributed by atoms with Gasteiger partial charge in [0.25, 0.3) is 5.69 Å². The number of nitro groups is 1. The van der Waals surface area contributed by atoms with E-state index in [0.29, 0.717) is 38.3 Å². The van der Waals surface area contributed by atoms with Gasteiger partial charge in [0.15, 0.2) is 0 Å². The van der Waals surface area contributed by atoms with Crippen molar-refractivity contribution in [1.29, 1.82) is 0 Å². The van der Waals surface area contributed by atoms with E-state index in [4.69, 9.17) is 0 Å². The van der Waals surface area contributed by atoms with E-state index in [9.17, 15) is 14.9 Å². The molecule has 0 saturated carbocycles. The maximum atomic E-state index is 12.5. The van der Waals surface area contributed by atoms with Crippen LogP contribution in [0.3, 0.4) is 0 Å². The van der Waals surface area contributed by atoms with E-state index in [1.54, 1.807) is 19.2 Å². The Hall–Kier alpha value is -3.09. The number of benzene rings is 2. The van der Waals surface area contributed by atoms with Crippen LogP contribution in [0.25, 0.3) is 0 Å². The number of anilines is 2. The van der Waals surface area contributed by atoms with E-state index in [1.807, 2.05) is 35.2 Å². The van der Waals surface area contributed by atoms with Crippen LogP contribution < -0.4 is 10.2 Å². The molecule has 1 aliphatic rings. The number of carbonyl (C=O) groups excluding carboxylic acids is 1. The van der Waals surface area contributed by atoms with Crippen LogP contribution in [0.15, 0.2) is 48.5 Å². The van der Waals surface area contributed by atoms with Gasteiger partial charge in [0.2, 0.25) is 5.91 Å². The Morgan fingerprint density at radius 3 is 2.42 bits per heavy atom. The fraction of sp³-hybridized carbons (Fsp3) is 0.316. The SMILES string of the molecule is CNc1cc(N2CCN(C(=O)Cc3ccccc3)CC2)ccc1[N+](=O)[O-]. The summed E-state index contributed by atoms with van der Waals surface area (Å²) < 4.78 is 0. The smallest absolute Gasteiger partial charge is 0.292 e. The minimum Gasteiger partial charge on any atom is -0.383 e. The van der Waals surface area contributed by atoms with Crippen molar-refractivity contribution in [2.24, 2.45) is 0 Å². The lowest BCUT2D eigenvalue weighted by Gasteiger charge is -2.36. The number of carbonyl (C=O) groups is 1. The van der Waals surface area contributed by atoms with Crippen LogP contribution in [0.5, 0.6) is 0 Å². The molecule has 26 heavy (non-hydrogen) atoms. The summed E-state index contributed by atoms with van der Waals surface area (Å²) in [6, 6.07) is 14.8. The number of rotatable bonds is 5. The molecular weight excluding hydrogens is 332 g/mol. The first-order chi connectivity index (χ1) is 12.6. The third-order valence-electron chi connectivity index (χ3n) is 4.64. The fourth-order valence-electron chi connectivity index (χ4n) is 3.18. The topological polar surface area (TPSA) is 78.7 Å². The molecular formula is C19H22N4O3. The van der Waals surface area contributed by atoms with E-state index < -0.39 is 4.92 Å². The second-order valence-corrected chi connectivity index (χ2v) is 6.24. The van der Waals surface area contributed by atoms with Gasteiger partial charge < -0.3 is 15.1 Å². The summed E-state index contributed by atoms with van der Waals surface area (Å²) in [5, 5.41) is 13.9. The molecule has 0 spiro atoms. The quantitative estimate of drug-likeness (QED) is 0.659. The number of nitrogens with one attached hydrogen (secondary N) is 1. The molecule has 136 valence electrons. The minimum absolute atomic E-state index is 0.0629. The zero-order valence-electron chi connectivity index (χ0n) is 14.7. The summed E-state index contributed by atoms with van der Waals surface area (Å²) >= 11 is 0. The molecule has 7 heteroatoms. The Balaban J connectivity index is 1.61. The summed E-state index contributed by atoms with van der Waals surface area (Å²) in [6.07, 6.45) is 0.419. The number of nitrogens with zero attached hydrogens (tertiary/aromatic N) is 3. The van der Waals surface area contributed by atoms with Crippen molar-refractivity contribution in [3.05, 3.63) is 64.2 Å². The predicted octanol–water partition coefficient (Wildman–Crippen LogP) is 2.53. The largest absolute Gasteiger partial charge is 0.383 e. The number of piperazine rings is 1. The average Bonchev–Trinajstić information content (AvgIpc) is 2.68. The van der Waals surface area contributed by atoms with Crippen molar-refractivity contribution in [1.82, 2.24) is 4.90 Å². The Kier molecular flexibility index (Phi) is 5.36. The number of nitro benzene ring substituents is 1. The van der Waals surface area contributed by atoms with Gasteiger partial charge in [0, 0.05) is 45.0 Å². The second kappa shape index (κ2) is 7.86. The lowest BCUT2D eigenvalue weighted by molar-refractivity contribution is -0.383. The molecule has 1 heterocycles. The van der Waals surface area contributed by atoms with Crippen molar-refractivity contribution < 1.29 is 9.72 Å². The van der Waals surface area contributed by atoms with Crippen LogP contribution in [0.4, 0.5) is 17.1 Å². The summed E-state index contributed by atoms with van der Waals surface area (Å²) in [6.45, 7) is 2.72. The number of hydrogen-bond donors (Lipinski definition) is 1. The Morgan fingerprint density at radius 1 is 1.12 bits per heavy atom. The minimum atomic E-state index is -0.393. The molecule has 0 aromatic heterocycles. The summed E-state index contributed by atoms with van der Waals surface area (Å²) in [4.78, 5) is 27.1. The van der Waals surface area contributed by atoms with Gasteiger partial charge in [-0.15, -0.1) is 0 Å². The molecule has 7 nitrogen and oxygen atoms in total. The first kappa shape index (κ1) is 17.7. The van der Waals surface area contributed by atoms with Crippen molar-refractivity contribution in [3.8, 4) is 0 Å². The lowest BCUT2D eigenvalue weighted by atomic mass is 10.1. The Bertz CT molecular complexity index is 787. The maximum Gasteiger partial charge on any atom is 0.292 e. The zero-order valence-corrected chi connectivity index (χ0v) is 14.7. The van der Waals surface area contributed by atoms with Crippen molar-refractivity contribution in [3.63, 3.8) is 0 Å². The van der Waals surface area contributed by atoms with E-state index in [0.717, 1.165) is 11.3 Å². The van der Waals surface area contributed by atoms with Gasteiger partial charge in [-0.25, -0.2) is 0 Å². The van der Waals surface area contributed by atoms with Crippen LogP contribution in [0.2, 0.25) is 0 Å². The Labute approximate surface area is 152 Å². The van der Waals surface area contributed by atoms with E-state index in [-0.39, 0.29) is 11.6 Å². The fourth-order valence-corrected chi connectivity index (χ4v) is 3.18.